The number of hydrogen-bond donors (Lipinski definition) is 1. The van der Waals surface area contributed by atoms with Crippen molar-refractivity contribution >= 4 is 40.6 Å². The van der Waals surface area contributed by atoms with Crippen molar-refractivity contribution in [2.45, 2.75) is 6.42 Å². The molecule has 0 aromatic heterocycles. The van der Waals surface area contributed by atoms with Gasteiger partial charge in [-0.25, -0.2) is 4.99 Å². The average molecular weight is 442 g/mol. The van der Waals surface area contributed by atoms with Gasteiger partial charge in [0, 0.05) is 17.4 Å². The van der Waals surface area contributed by atoms with Crippen molar-refractivity contribution in [1.29, 1.82) is 0 Å². The summed E-state index contributed by atoms with van der Waals surface area (Å²) in [6.45, 7) is 0. The first kappa shape index (κ1) is 22.2. The Morgan fingerprint density at radius 2 is 1.71 bits per heavy atom. The second-order valence-corrected chi connectivity index (χ2v) is 7.40. The van der Waals surface area contributed by atoms with E-state index in [-0.39, 0.29) is 23.8 Å². The lowest BCUT2D eigenvalue weighted by Gasteiger charge is -2.17. The van der Waals surface area contributed by atoms with Crippen LogP contribution >= 0.6 is 11.8 Å². The first-order chi connectivity index (χ1) is 15.0. The fourth-order valence-corrected chi connectivity index (χ4v) is 3.88. The molecule has 0 saturated carbocycles. The lowest BCUT2D eigenvalue weighted by Crippen LogP contribution is -2.30. The van der Waals surface area contributed by atoms with E-state index in [1.807, 2.05) is 18.2 Å². The Labute approximate surface area is 184 Å². The number of methoxy groups -OCH3 is 3. The van der Waals surface area contributed by atoms with Gasteiger partial charge in [0.15, 0.2) is 16.7 Å². The summed E-state index contributed by atoms with van der Waals surface area (Å²) in [6.07, 6.45) is 1.58. The van der Waals surface area contributed by atoms with Gasteiger partial charge < -0.3 is 19.3 Å². The molecule has 1 heterocycles. The van der Waals surface area contributed by atoms with Crippen LogP contribution in [0.15, 0.2) is 53.2 Å². The molecule has 0 spiro atoms. The standard InChI is InChI=1S/C22H22N2O6S/c1-28-17-13-19(30-3)18(29-2)12-14(17)11-16-21(27)24(15-7-5-4-6-8-15)22(23-16)31-10-9-20(25)26/h4-8,11-13H,9-10H2,1-3H3,(H,25,26)/b16-11-. The second kappa shape index (κ2) is 10.0. The summed E-state index contributed by atoms with van der Waals surface area (Å²) in [4.78, 5) is 30.1. The monoisotopic (exact) mass is 442 g/mol. The molecule has 31 heavy (non-hydrogen) atoms. The molecule has 2 aromatic carbocycles. The first-order valence-electron chi connectivity index (χ1n) is 9.33. The molecule has 0 unspecified atom stereocenters. The third kappa shape index (κ3) is 5.00. The molecule has 3 rings (SSSR count). The summed E-state index contributed by atoms with van der Waals surface area (Å²) in [7, 11) is 4.57. The molecule has 0 saturated heterocycles. The highest BCUT2D eigenvalue weighted by Crippen LogP contribution is 2.37. The van der Waals surface area contributed by atoms with Gasteiger partial charge in [-0.1, -0.05) is 30.0 Å². The number of amidine groups is 1. The highest BCUT2D eigenvalue weighted by Gasteiger charge is 2.32. The lowest BCUT2D eigenvalue weighted by atomic mass is 10.1. The third-order valence-electron chi connectivity index (χ3n) is 4.42. The summed E-state index contributed by atoms with van der Waals surface area (Å²) in [5.74, 6) is 0.540. The van der Waals surface area contributed by atoms with Gasteiger partial charge in [0.25, 0.3) is 5.91 Å². The van der Waals surface area contributed by atoms with Gasteiger partial charge >= 0.3 is 5.97 Å². The van der Waals surface area contributed by atoms with Crippen LogP contribution in [0.4, 0.5) is 5.69 Å². The number of benzene rings is 2. The molecular weight excluding hydrogens is 420 g/mol. The molecule has 1 aliphatic heterocycles. The molecule has 1 aliphatic rings. The summed E-state index contributed by atoms with van der Waals surface area (Å²) < 4.78 is 16.1. The zero-order valence-corrected chi connectivity index (χ0v) is 18.1. The Balaban J connectivity index is 2.02. The fraction of sp³-hybridized carbons (Fsp3) is 0.227. The Bertz CT molecular complexity index is 1040. The van der Waals surface area contributed by atoms with Crippen molar-refractivity contribution in [3.63, 3.8) is 0 Å². The second-order valence-electron chi connectivity index (χ2n) is 6.34. The average Bonchev–Trinajstić information content (AvgIpc) is 3.08. The van der Waals surface area contributed by atoms with Gasteiger partial charge in [0.2, 0.25) is 0 Å². The Kier molecular flexibility index (Phi) is 7.19. The number of carbonyl (C=O) groups is 2. The van der Waals surface area contributed by atoms with E-state index in [0.29, 0.717) is 33.7 Å². The predicted molar refractivity (Wildman–Crippen MR) is 120 cm³/mol. The molecule has 0 aliphatic carbocycles. The van der Waals surface area contributed by atoms with E-state index in [1.54, 1.807) is 30.3 Å². The SMILES string of the molecule is COc1cc(OC)c(OC)cc1/C=C1\N=C(SCCC(=O)O)N(c2ccccc2)C1=O. The number of carbonyl (C=O) groups excluding carboxylic acids is 1. The summed E-state index contributed by atoms with van der Waals surface area (Å²) in [5.41, 5.74) is 1.45. The largest absolute Gasteiger partial charge is 0.496 e. The van der Waals surface area contributed by atoms with Crippen LogP contribution in [-0.4, -0.2) is 49.2 Å². The number of aliphatic carboxylic acids is 1. The van der Waals surface area contributed by atoms with E-state index < -0.39 is 5.97 Å². The third-order valence-corrected chi connectivity index (χ3v) is 5.36. The molecule has 9 heteroatoms. The predicted octanol–water partition coefficient (Wildman–Crippen LogP) is 3.66. The summed E-state index contributed by atoms with van der Waals surface area (Å²) in [5, 5.41) is 9.36. The van der Waals surface area contributed by atoms with Gasteiger partial charge in [0.1, 0.15) is 11.4 Å². The molecule has 1 N–H and O–H groups in total. The summed E-state index contributed by atoms with van der Waals surface area (Å²) in [6, 6.07) is 12.5. The quantitative estimate of drug-likeness (QED) is 0.623. The highest BCUT2D eigenvalue weighted by atomic mass is 32.2. The molecular formula is C22H22N2O6S. The topological polar surface area (TPSA) is 97.7 Å². The van der Waals surface area contributed by atoms with Gasteiger partial charge in [-0.3, -0.25) is 14.5 Å². The minimum Gasteiger partial charge on any atom is -0.496 e. The van der Waals surface area contributed by atoms with Crippen molar-refractivity contribution in [2.24, 2.45) is 4.99 Å². The van der Waals surface area contributed by atoms with Crippen molar-refractivity contribution in [1.82, 2.24) is 0 Å². The van der Waals surface area contributed by atoms with Gasteiger partial charge in [-0.05, 0) is 24.3 Å². The number of anilines is 1. The van der Waals surface area contributed by atoms with E-state index in [4.69, 9.17) is 19.3 Å². The van der Waals surface area contributed by atoms with Crippen LogP contribution in [-0.2, 0) is 9.59 Å². The van der Waals surface area contributed by atoms with Crippen molar-refractivity contribution in [2.75, 3.05) is 32.0 Å². The minimum absolute atomic E-state index is 0.0386. The van der Waals surface area contributed by atoms with E-state index in [1.165, 1.54) is 38.0 Å². The molecule has 0 atom stereocenters. The number of amides is 1. The van der Waals surface area contributed by atoms with Crippen molar-refractivity contribution in [3.05, 3.63) is 53.7 Å². The van der Waals surface area contributed by atoms with Gasteiger partial charge in [-0.2, -0.15) is 0 Å². The number of hydrogen-bond acceptors (Lipinski definition) is 7. The fourth-order valence-electron chi connectivity index (χ4n) is 2.94. The number of aliphatic imine (C=N–C) groups is 1. The lowest BCUT2D eigenvalue weighted by molar-refractivity contribution is -0.136. The number of thioether (sulfide) groups is 1. The number of carboxylic acids is 1. The zero-order chi connectivity index (χ0) is 22.4. The Morgan fingerprint density at radius 1 is 1.06 bits per heavy atom. The Hall–Kier alpha value is -3.46. The van der Waals surface area contributed by atoms with E-state index in [2.05, 4.69) is 4.99 Å². The van der Waals surface area contributed by atoms with E-state index in [9.17, 15) is 9.59 Å². The first-order valence-corrected chi connectivity index (χ1v) is 10.3. The van der Waals surface area contributed by atoms with Crippen LogP contribution in [0.5, 0.6) is 17.2 Å². The molecule has 0 bridgehead atoms. The number of carboxylic acid groups (broad SMARTS) is 1. The molecule has 2 aromatic rings. The normalized spacial score (nSPS) is 14.5. The maximum absolute atomic E-state index is 13.2. The smallest absolute Gasteiger partial charge is 0.304 e. The highest BCUT2D eigenvalue weighted by molar-refractivity contribution is 8.14. The van der Waals surface area contributed by atoms with Crippen molar-refractivity contribution < 1.29 is 28.9 Å². The van der Waals surface area contributed by atoms with Crippen LogP contribution in [0.3, 0.4) is 0 Å². The number of ether oxygens (including phenoxy) is 3. The van der Waals surface area contributed by atoms with E-state index in [0.717, 1.165) is 0 Å². The zero-order valence-electron chi connectivity index (χ0n) is 17.3. The number of para-hydroxylation sites is 1. The minimum atomic E-state index is -0.908. The van der Waals surface area contributed by atoms with Crippen LogP contribution in [0, 0.1) is 0 Å². The van der Waals surface area contributed by atoms with Crippen LogP contribution in [0.25, 0.3) is 6.08 Å². The van der Waals surface area contributed by atoms with Crippen LogP contribution in [0.2, 0.25) is 0 Å². The summed E-state index contributed by atoms with van der Waals surface area (Å²) >= 11 is 1.21. The number of nitrogens with zero attached hydrogens (tertiary/aromatic N) is 2. The van der Waals surface area contributed by atoms with Crippen LogP contribution < -0.4 is 19.1 Å². The molecule has 162 valence electrons. The van der Waals surface area contributed by atoms with Gasteiger partial charge in [0.05, 0.1) is 33.4 Å². The maximum atomic E-state index is 13.2. The maximum Gasteiger partial charge on any atom is 0.304 e. The molecule has 0 fully saturated rings. The van der Waals surface area contributed by atoms with Crippen molar-refractivity contribution in [3.8, 4) is 17.2 Å². The van der Waals surface area contributed by atoms with Crippen LogP contribution in [0.1, 0.15) is 12.0 Å². The molecule has 1 amide bonds. The molecule has 8 nitrogen and oxygen atoms in total. The number of rotatable bonds is 8. The Morgan fingerprint density at radius 3 is 2.32 bits per heavy atom. The van der Waals surface area contributed by atoms with E-state index >= 15 is 0 Å². The van der Waals surface area contributed by atoms with Gasteiger partial charge in [-0.15, -0.1) is 0 Å². The molecule has 0 radical (unpaired) electrons.